The molecule has 1 aliphatic rings. The van der Waals surface area contributed by atoms with Crippen LogP contribution in [0.3, 0.4) is 0 Å². The van der Waals surface area contributed by atoms with E-state index in [-0.39, 0.29) is 0 Å². The molecule has 0 atom stereocenters. The van der Waals surface area contributed by atoms with Crippen LogP contribution in [-0.2, 0) is 0 Å². The van der Waals surface area contributed by atoms with Gasteiger partial charge in [-0.2, -0.15) is 5.26 Å². The lowest BCUT2D eigenvalue weighted by Gasteiger charge is -2.18. The first-order valence-electron chi connectivity index (χ1n) is 4.52. The zero-order valence-corrected chi connectivity index (χ0v) is 8.38. The van der Waals surface area contributed by atoms with Gasteiger partial charge in [0.2, 0.25) is 0 Å². The third kappa shape index (κ3) is 1.67. The predicted octanol–water partition coefficient (Wildman–Crippen LogP) is 1.93. The largest absolute Gasteiger partial charge is 0.307 e. The molecule has 14 heavy (non-hydrogen) atoms. The van der Waals surface area contributed by atoms with E-state index in [9.17, 15) is 0 Å². The number of hydrogen-bond acceptors (Lipinski definition) is 3. The van der Waals surface area contributed by atoms with Gasteiger partial charge in [0.15, 0.2) is 0 Å². The summed E-state index contributed by atoms with van der Waals surface area (Å²) in [5, 5.41) is 11.5. The number of nitrogens with zero attached hydrogens (tertiary/aromatic N) is 2. The molecule has 1 heterocycles. The monoisotopic (exact) mass is 207 g/mol. The Morgan fingerprint density at radius 2 is 2.36 bits per heavy atom. The molecule has 0 saturated carbocycles. The van der Waals surface area contributed by atoms with Crippen molar-refractivity contribution < 1.29 is 0 Å². The van der Waals surface area contributed by atoms with E-state index >= 15 is 0 Å². The summed E-state index contributed by atoms with van der Waals surface area (Å²) in [6.45, 7) is 1.91. The van der Waals surface area contributed by atoms with Crippen molar-refractivity contribution in [2.75, 3.05) is 18.1 Å². The average Bonchev–Trinajstić information content (AvgIpc) is 2.70. The highest BCUT2D eigenvalue weighted by Gasteiger charge is 2.15. The molecule has 1 aromatic carbocycles. The summed E-state index contributed by atoms with van der Waals surface area (Å²) in [6, 6.07) is 7.52. The molecule has 1 N–H and O–H groups in total. The van der Waals surface area contributed by atoms with Gasteiger partial charge in [0.1, 0.15) is 6.07 Å². The Hall–Kier alpha value is -1.24. The third-order valence-electron chi connectivity index (χ3n) is 2.23. The van der Waals surface area contributed by atoms with Gasteiger partial charge in [-0.3, -0.25) is 0 Å². The molecule has 1 aromatic rings. The van der Waals surface area contributed by atoms with E-state index in [4.69, 9.17) is 16.9 Å². The Bertz CT molecular complexity index is 377. The van der Waals surface area contributed by atoms with Gasteiger partial charge < -0.3 is 5.01 Å². The summed E-state index contributed by atoms with van der Waals surface area (Å²) >= 11 is 5.81. The second-order valence-corrected chi connectivity index (χ2v) is 3.62. The van der Waals surface area contributed by atoms with Gasteiger partial charge in [0, 0.05) is 18.1 Å². The Morgan fingerprint density at radius 3 is 3.00 bits per heavy atom. The van der Waals surface area contributed by atoms with Crippen molar-refractivity contribution in [1.82, 2.24) is 5.43 Å². The number of halogens is 1. The topological polar surface area (TPSA) is 39.1 Å². The molecular weight excluding hydrogens is 198 g/mol. The van der Waals surface area contributed by atoms with Crippen molar-refractivity contribution in [3.63, 3.8) is 0 Å². The number of benzene rings is 1. The maximum absolute atomic E-state index is 8.94. The molecule has 0 aliphatic carbocycles. The number of nitriles is 1. The minimum absolute atomic E-state index is 0.601. The first kappa shape index (κ1) is 9.32. The Morgan fingerprint density at radius 1 is 1.50 bits per heavy atom. The van der Waals surface area contributed by atoms with E-state index in [0.29, 0.717) is 10.6 Å². The molecule has 4 heteroatoms. The van der Waals surface area contributed by atoms with Crippen LogP contribution in [0.15, 0.2) is 18.2 Å². The van der Waals surface area contributed by atoms with Gasteiger partial charge in [-0.05, 0) is 24.6 Å². The lowest BCUT2D eigenvalue weighted by Crippen LogP contribution is -2.30. The first-order valence-corrected chi connectivity index (χ1v) is 4.90. The van der Waals surface area contributed by atoms with E-state index in [1.54, 1.807) is 12.1 Å². The normalized spacial score (nSPS) is 15.6. The molecule has 72 valence electrons. The molecule has 0 bridgehead atoms. The van der Waals surface area contributed by atoms with Crippen LogP contribution < -0.4 is 10.4 Å². The standard InChI is InChI=1S/C10H10ClN3/c11-9-2-3-10(8(6-9)7-12)14-5-1-4-13-14/h2-3,6,13H,1,4-5H2. The molecule has 0 radical (unpaired) electrons. The van der Waals surface area contributed by atoms with E-state index in [2.05, 4.69) is 11.5 Å². The van der Waals surface area contributed by atoms with Gasteiger partial charge in [0.25, 0.3) is 0 Å². The van der Waals surface area contributed by atoms with Crippen molar-refractivity contribution >= 4 is 17.3 Å². The second-order valence-electron chi connectivity index (χ2n) is 3.19. The van der Waals surface area contributed by atoms with Crippen molar-refractivity contribution in [1.29, 1.82) is 5.26 Å². The van der Waals surface area contributed by atoms with E-state index in [1.165, 1.54) is 0 Å². The lowest BCUT2D eigenvalue weighted by molar-refractivity contribution is 0.786. The number of rotatable bonds is 1. The number of hydrogen-bond donors (Lipinski definition) is 1. The highest BCUT2D eigenvalue weighted by atomic mass is 35.5. The number of anilines is 1. The summed E-state index contributed by atoms with van der Waals surface area (Å²) in [4.78, 5) is 0. The molecule has 0 amide bonds. The van der Waals surface area contributed by atoms with Crippen LogP contribution in [-0.4, -0.2) is 13.1 Å². The molecule has 1 fully saturated rings. The van der Waals surface area contributed by atoms with Gasteiger partial charge in [0.05, 0.1) is 11.3 Å². The molecule has 3 nitrogen and oxygen atoms in total. The van der Waals surface area contributed by atoms with Crippen LogP contribution in [0.5, 0.6) is 0 Å². The lowest BCUT2D eigenvalue weighted by atomic mass is 10.2. The smallest absolute Gasteiger partial charge is 0.101 e. The van der Waals surface area contributed by atoms with Crippen molar-refractivity contribution in [3.05, 3.63) is 28.8 Å². The fourth-order valence-electron chi connectivity index (χ4n) is 1.57. The van der Waals surface area contributed by atoms with Crippen molar-refractivity contribution in [3.8, 4) is 6.07 Å². The highest BCUT2D eigenvalue weighted by molar-refractivity contribution is 6.30. The second kappa shape index (κ2) is 3.87. The first-order chi connectivity index (χ1) is 6.81. The van der Waals surface area contributed by atoms with Crippen LogP contribution >= 0.6 is 11.6 Å². The molecule has 0 spiro atoms. The van der Waals surface area contributed by atoms with Crippen LogP contribution in [0, 0.1) is 11.3 Å². The van der Waals surface area contributed by atoms with Crippen LogP contribution in [0.1, 0.15) is 12.0 Å². The fraction of sp³-hybridized carbons (Fsp3) is 0.300. The van der Waals surface area contributed by atoms with Crippen LogP contribution in [0.25, 0.3) is 0 Å². The summed E-state index contributed by atoms with van der Waals surface area (Å²) in [6.07, 6.45) is 1.10. The minimum atomic E-state index is 0.601. The van der Waals surface area contributed by atoms with Gasteiger partial charge in [-0.15, -0.1) is 0 Å². The molecule has 1 aliphatic heterocycles. The van der Waals surface area contributed by atoms with Gasteiger partial charge >= 0.3 is 0 Å². The summed E-state index contributed by atoms with van der Waals surface area (Å²) in [5.41, 5.74) is 4.74. The zero-order valence-electron chi connectivity index (χ0n) is 7.63. The van der Waals surface area contributed by atoms with E-state index in [1.807, 2.05) is 11.1 Å². The van der Waals surface area contributed by atoms with E-state index < -0.39 is 0 Å². The number of nitrogens with one attached hydrogen (secondary N) is 1. The maximum atomic E-state index is 8.94. The van der Waals surface area contributed by atoms with Crippen molar-refractivity contribution in [2.24, 2.45) is 0 Å². The fourth-order valence-corrected chi connectivity index (χ4v) is 1.74. The Kier molecular flexibility index (Phi) is 2.58. The quantitative estimate of drug-likeness (QED) is 0.765. The predicted molar refractivity (Wildman–Crippen MR) is 56.1 cm³/mol. The molecule has 1 saturated heterocycles. The molecular formula is C10H10ClN3. The zero-order chi connectivity index (χ0) is 9.97. The Balaban J connectivity index is 2.37. The minimum Gasteiger partial charge on any atom is -0.307 e. The Labute approximate surface area is 87.9 Å². The summed E-state index contributed by atoms with van der Waals surface area (Å²) < 4.78 is 0. The number of hydrazine groups is 1. The average molecular weight is 208 g/mol. The maximum Gasteiger partial charge on any atom is 0.101 e. The van der Waals surface area contributed by atoms with Gasteiger partial charge in [-0.25, -0.2) is 5.43 Å². The summed E-state index contributed by atoms with van der Waals surface area (Å²) in [5.74, 6) is 0. The molecule has 2 rings (SSSR count). The van der Waals surface area contributed by atoms with E-state index in [0.717, 1.165) is 25.2 Å². The third-order valence-corrected chi connectivity index (χ3v) is 2.47. The summed E-state index contributed by atoms with van der Waals surface area (Å²) in [7, 11) is 0. The van der Waals surface area contributed by atoms with Crippen molar-refractivity contribution in [2.45, 2.75) is 6.42 Å². The SMILES string of the molecule is N#Cc1cc(Cl)ccc1N1CCCN1. The van der Waals surface area contributed by atoms with Crippen LogP contribution in [0.2, 0.25) is 5.02 Å². The highest BCUT2D eigenvalue weighted by Crippen LogP contribution is 2.23. The molecule has 0 unspecified atom stereocenters. The van der Waals surface area contributed by atoms with Crippen LogP contribution in [0.4, 0.5) is 5.69 Å². The molecule has 0 aromatic heterocycles. The van der Waals surface area contributed by atoms with Gasteiger partial charge in [-0.1, -0.05) is 11.6 Å².